The first-order chi connectivity index (χ1) is 13.5. The summed E-state index contributed by atoms with van der Waals surface area (Å²) in [5.74, 6) is -0.166. The zero-order valence-corrected chi connectivity index (χ0v) is 16.3. The van der Waals surface area contributed by atoms with Gasteiger partial charge in [0.1, 0.15) is 11.4 Å². The molecule has 2 bridgehead atoms. The number of fused-ring (bicyclic) bond motifs is 1. The van der Waals surface area contributed by atoms with Crippen LogP contribution in [0, 0.1) is 11.8 Å². The van der Waals surface area contributed by atoms with E-state index in [-0.39, 0.29) is 17.9 Å². The molecular weight excluding hydrogens is 356 g/mol. The van der Waals surface area contributed by atoms with Gasteiger partial charge in [-0.05, 0) is 30.5 Å². The molecule has 1 aromatic rings. The van der Waals surface area contributed by atoms with Crippen molar-refractivity contribution < 1.29 is 19.1 Å². The van der Waals surface area contributed by atoms with Crippen LogP contribution in [-0.4, -0.2) is 49.1 Å². The van der Waals surface area contributed by atoms with Crippen molar-refractivity contribution in [1.29, 1.82) is 0 Å². The van der Waals surface area contributed by atoms with Gasteiger partial charge in [0.25, 0.3) is 0 Å². The molecule has 3 fully saturated rings. The fourth-order valence-corrected chi connectivity index (χ4v) is 5.70. The van der Waals surface area contributed by atoms with E-state index < -0.39 is 23.0 Å². The van der Waals surface area contributed by atoms with Crippen molar-refractivity contribution in [1.82, 2.24) is 10.2 Å². The number of hydrogen-bond acceptors (Lipinski definition) is 4. The SMILES string of the molecule is COc1cccc(C2(NC(=O)[C@@H]3[C@H]4C(=O)N(C)C[C@@]45C=C[C@H]3O5)CCCC2)c1. The van der Waals surface area contributed by atoms with Gasteiger partial charge < -0.3 is 19.7 Å². The molecule has 4 atom stereocenters. The van der Waals surface area contributed by atoms with E-state index in [1.54, 1.807) is 19.1 Å². The molecule has 1 aromatic carbocycles. The number of likely N-dealkylation sites (N-methyl/N-ethyl adjacent to an activating group) is 1. The van der Waals surface area contributed by atoms with Crippen LogP contribution in [0.15, 0.2) is 36.4 Å². The Hall–Kier alpha value is -2.34. The Kier molecular flexibility index (Phi) is 3.85. The van der Waals surface area contributed by atoms with E-state index in [0.717, 1.165) is 37.0 Å². The molecular formula is C22H26N2O4. The van der Waals surface area contributed by atoms with Gasteiger partial charge in [-0.25, -0.2) is 0 Å². The Morgan fingerprint density at radius 3 is 2.86 bits per heavy atom. The van der Waals surface area contributed by atoms with E-state index in [0.29, 0.717) is 6.54 Å². The maximum Gasteiger partial charge on any atom is 0.229 e. The largest absolute Gasteiger partial charge is 0.497 e. The summed E-state index contributed by atoms with van der Waals surface area (Å²) in [6, 6.07) is 7.95. The maximum absolute atomic E-state index is 13.5. The maximum atomic E-state index is 13.5. The molecule has 0 unspecified atom stereocenters. The van der Waals surface area contributed by atoms with Crippen molar-refractivity contribution in [3.8, 4) is 5.75 Å². The number of carbonyl (C=O) groups is 2. The predicted molar refractivity (Wildman–Crippen MR) is 103 cm³/mol. The van der Waals surface area contributed by atoms with Gasteiger partial charge in [-0.1, -0.05) is 37.1 Å². The fraction of sp³-hybridized carbons (Fsp3) is 0.545. The number of methoxy groups -OCH3 is 1. The van der Waals surface area contributed by atoms with Gasteiger partial charge in [-0.3, -0.25) is 9.59 Å². The summed E-state index contributed by atoms with van der Waals surface area (Å²) in [7, 11) is 3.43. The summed E-state index contributed by atoms with van der Waals surface area (Å²) in [5.41, 5.74) is 0.0387. The normalized spacial score (nSPS) is 34.7. The minimum Gasteiger partial charge on any atom is -0.497 e. The molecule has 6 heteroatoms. The van der Waals surface area contributed by atoms with Crippen LogP contribution in [0.25, 0.3) is 0 Å². The molecule has 1 spiro atoms. The van der Waals surface area contributed by atoms with Crippen LogP contribution in [0.4, 0.5) is 0 Å². The van der Waals surface area contributed by atoms with Crippen LogP contribution >= 0.6 is 0 Å². The van der Waals surface area contributed by atoms with Gasteiger partial charge in [0.05, 0.1) is 37.1 Å². The molecule has 6 nitrogen and oxygen atoms in total. The molecule has 1 N–H and O–H groups in total. The summed E-state index contributed by atoms with van der Waals surface area (Å²) in [5, 5.41) is 3.35. The number of amides is 2. The molecule has 1 saturated carbocycles. The van der Waals surface area contributed by atoms with Gasteiger partial charge in [-0.2, -0.15) is 0 Å². The number of nitrogens with one attached hydrogen (secondary N) is 1. The lowest BCUT2D eigenvalue weighted by atomic mass is 9.76. The lowest BCUT2D eigenvalue weighted by Crippen LogP contribution is -2.51. The molecule has 5 rings (SSSR count). The van der Waals surface area contributed by atoms with Crippen LogP contribution in [0.5, 0.6) is 5.75 Å². The number of rotatable bonds is 4. The van der Waals surface area contributed by atoms with Crippen LogP contribution in [-0.2, 0) is 19.9 Å². The summed E-state index contributed by atoms with van der Waals surface area (Å²) in [6.45, 7) is 0.522. The molecule has 148 valence electrons. The van der Waals surface area contributed by atoms with Crippen molar-refractivity contribution in [2.75, 3.05) is 20.7 Å². The lowest BCUT2D eigenvalue weighted by Gasteiger charge is -2.34. The van der Waals surface area contributed by atoms with Gasteiger partial charge in [0.15, 0.2) is 0 Å². The number of benzene rings is 1. The van der Waals surface area contributed by atoms with Crippen molar-refractivity contribution >= 4 is 11.8 Å². The first-order valence-electron chi connectivity index (χ1n) is 10.1. The third-order valence-corrected chi connectivity index (χ3v) is 7.03. The molecule has 28 heavy (non-hydrogen) atoms. The van der Waals surface area contributed by atoms with E-state index >= 15 is 0 Å². The highest BCUT2D eigenvalue weighted by molar-refractivity contribution is 5.93. The van der Waals surface area contributed by atoms with Gasteiger partial charge >= 0.3 is 0 Å². The van der Waals surface area contributed by atoms with E-state index in [2.05, 4.69) is 11.4 Å². The second-order valence-corrected chi connectivity index (χ2v) is 8.60. The average Bonchev–Trinajstić information content (AvgIpc) is 3.44. The quantitative estimate of drug-likeness (QED) is 0.809. The molecule has 2 amide bonds. The van der Waals surface area contributed by atoms with Crippen LogP contribution < -0.4 is 10.1 Å². The van der Waals surface area contributed by atoms with Crippen LogP contribution in [0.1, 0.15) is 31.2 Å². The molecule has 1 aliphatic carbocycles. The van der Waals surface area contributed by atoms with Crippen molar-refractivity contribution in [2.24, 2.45) is 11.8 Å². The van der Waals surface area contributed by atoms with Gasteiger partial charge in [0.2, 0.25) is 11.8 Å². The van der Waals surface area contributed by atoms with E-state index in [4.69, 9.17) is 9.47 Å². The Bertz CT molecular complexity index is 860. The van der Waals surface area contributed by atoms with Gasteiger partial charge in [-0.15, -0.1) is 0 Å². The standard InChI is InChI=1S/C22H26N2O4/c1-24-13-22-11-8-16(28-22)17(18(22)20(24)26)19(25)23-21(9-3-4-10-21)14-6-5-7-15(12-14)27-2/h5-8,11-12,16-18H,3-4,9-10,13H2,1-2H3,(H,23,25)/t16-,17+,18+,22+/m1/s1. The molecule has 3 heterocycles. The third-order valence-electron chi connectivity index (χ3n) is 7.03. The molecule has 3 aliphatic heterocycles. The second kappa shape index (κ2) is 6.08. The highest BCUT2D eigenvalue weighted by atomic mass is 16.5. The van der Waals surface area contributed by atoms with Crippen molar-refractivity contribution in [3.63, 3.8) is 0 Å². The topological polar surface area (TPSA) is 67.9 Å². The molecule has 4 aliphatic rings. The molecule has 0 radical (unpaired) electrons. The first-order valence-corrected chi connectivity index (χ1v) is 10.1. The van der Waals surface area contributed by atoms with E-state index in [1.165, 1.54) is 0 Å². The summed E-state index contributed by atoms with van der Waals surface area (Å²) in [6.07, 6.45) is 7.55. The number of ether oxygens (including phenoxy) is 2. The summed E-state index contributed by atoms with van der Waals surface area (Å²) in [4.78, 5) is 27.9. The van der Waals surface area contributed by atoms with E-state index in [1.807, 2.05) is 30.4 Å². The zero-order chi connectivity index (χ0) is 19.5. The fourth-order valence-electron chi connectivity index (χ4n) is 5.70. The highest BCUT2D eigenvalue weighted by Gasteiger charge is 2.66. The Labute approximate surface area is 164 Å². The summed E-state index contributed by atoms with van der Waals surface area (Å²) >= 11 is 0. The predicted octanol–water partition coefficient (Wildman–Crippen LogP) is 1.99. The Morgan fingerprint density at radius 2 is 2.11 bits per heavy atom. The molecule has 0 aromatic heterocycles. The molecule has 2 saturated heterocycles. The van der Waals surface area contributed by atoms with Crippen molar-refractivity contribution in [3.05, 3.63) is 42.0 Å². The highest BCUT2D eigenvalue weighted by Crippen LogP contribution is 2.52. The monoisotopic (exact) mass is 382 g/mol. The second-order valence-electron chi connectivity index (χ2n) is 8.60. The lowest BCUT2D eigenvalue weighted by molar-refractivity contribution is -0.137. The first kappa shape index (κ1) is 17.7. The van der Waals surface area contributed by atoms with Crippen LogP contribution in [0.2, 0.25) is 0 Å². The Morgan fingerprint density at radius 1 is 1.32 bits per heavy atom. The summed E-state index contributed by atoms with van der Waals surface area (Å²) < 4.78 is 11.5. The van der Waals surface area contributed by atoms with Crippen molar-refractivity contribution in [2.45, 2.75) is 42.9 Å². The smallest absolute Gasteiger partial charge is 0.229 e. The van der Waals surface area contributed by atoms with E-state index in [9.17, 15) is 9.59 Å². The Balaban J connectivity index is 1.45. The number of hydrogen-bond donors (Lipinski definition) is 1. The average molecular weight is 382 g/mol. The zero-order valence-electron chi connectivity index (χ0n) is 16.3. The minimum absolute atomic E-state index is 0.00820. The number of likely N-dealkylation sites (tertiary alicyclic amines) is 1. The third kappa shape index (κ3) is 2.37. The number of carbonyl (C=O) groups excluding carboxylic acids is 2. The minimum atomic E-state index is -0.628. The number of nitrogens with zero attached hydrogens (tertiary/aromatic N) is 1. The van der Waals surface area contributed by atoms with Crippen LogP contribution in [0.3, 0.4) is 0 Å². The van der Waals surface area contributed by atoms with Gasteiger partial charge in [0, 0.05) is 7.05 Å².